The number of rotatable bonds is 5. The number of ether oxygens (including phenoxy) is 1. The van der Waals surface area contributed by atoms with E-state index in [1.165, 1.54) is 11.1 Å². The van der Waals surface area contributed by atoms with Crippen molar-refractivity contribution in [1.29, 1.82) is 0 Å². The minimum Gasteiger partial charge on any atom is -0.367 e. The molecule has 0 saturated carbocycles. The first-order valence-corrected chi connectivity index (χ1v) is 9.25. The number of nitrogens with zero attached hydrogens (tertiary/aromatic N) is 2. The zero-order chi connectivity index (χ0) is 17.9. The molecule has 2 heterocycles. The number of imidazole rings is 1. The predicted octanol–water partition coefficient (Wildman–Crippen LogP) is 4.20. The lowest BCUT2D eigenvalue weighted by molar-refractivity contribution is 0.00278. The van der Waals surface area contributed by atoms with Gasteiger partial charge in [0.2, 0.25) is 0 Å². The molecule has 0 aliphatic carbocycles. The van der Waals surface area contributed by atoms with Gasteiger partial charge < -0.3 is 14.6 Å². The van der Waals surface area contributed by atoms with E-state index in [2.05, 4.69) is 47.3 Å². The number of nitrogens with one attached hydrogen (secondary N) is 1. The van der Waals surface area contributed by atoms with Gasteiger partial charge in [0.05, 0.1) is 18.3 Å². The van der Waals surface area contributed by atoms with Gasteiger partial charge in [-0.2, -0.15) is 0 Å². The Hall–Kier alpha value is -2.14. The minimum atomic E-state index is 0.148. The van der Waals surface area contributed by atoms with E-state index < -0.39 is 0 Å². The van der Waals surface area contributed by atoms with Crippen LogP contribution in [0.4, 0.5) is 0 Å². The fourth-order valence-corrected chi connectivity index (χ4v) is 3.28. The number of benzene rings is 2. The Bertz CT molecular complexity index is 871. The number of aryl methyl sites for hydroxylation is 1. The maximum Gasteiger partial charge on any atom is 0.135 e. The minimum absolute atomic E-state index is 0.148. The van der Waals surface area contributed by atoms with E-state index in [9.17, 15) is 0 Å². The summed E-state index contributed by atoms with van der Waals surface area (Å²) in [4.78, 5) is 4.73. The Morgan fingerprint density at radius 2 is 1.92 bits per heavy atom. The molecule has 1 aromatic heterocycles. The van der Waals surface area contributed by atoms with Crippen LogP contribution < -0.4 is 5.32 Å². The second-order valence-corrected chi connectivity index (χ2v) is 7.19. The zero-order valence-electron chi connectivity index (χ0n) is 14.8. The molecule has 26 heavy (non-hydrogen) atoms. The summed E-state index contributed by atoms with van der Waals surface area (Å²) in [6, 6.07) is 16.4. The normalized spacial score (nSPS) is 16.5. The maximum absolute atomic E-state index is 5.96. The van der Waals surface area contributed by atoms with E-state index in [0.29, 0.717) is 6.61 Å². The lowest BCUT2D eigenvalue weighted by Crippen LogP contribution is -2.35. The molecule has 0 fully saturated rings. The second kappa shape index (κ2) is 7.62. The third-order valence-electron chi connectivity index (χ3n) is 4.67. The molecule has 0 bridgehead atoms. The van der Waals surface area contributed by atoms with Crippen molar-refractivity contribution in [2.24, 2.45) is 0 Å². The van der Waals surface area contributed by atoms with E-state index in [0.717, 1.165) is 41.7 Å². The standard InChI is InChI=1S/C21H22ClN3O/c1-15-2-6-17(7-3-15)20-13-25-12-19(26-14-21(25)24-20)11-23-10-16-4-8-18(22)9-5-16/h2-9,13,19,23H,10-12,14H2,1H3/t19-/m0/s1. The van der Waals surface area contributed by atoms with Crippen molar-refractivity contribution in [3.05, 3.63) is 76.7 Å². The van der Waals surface area contributed by atoms with Crippen LogP contribution in [0.25, 0.3) is 11.3 Å². The summed E-state index contributed by atoms with van der Waals surface area (Å²) in [5.74, 6) is 0.995. The molecule has 2 aromatic carbocycles. The number of hydrogen-bond acceptors (Lipinski definition) is 3. The summed E-state index contributed by atoms with van der Waals surface area (Å²) in [5.41, 5.74) is 4.64. The van der Waals surface area contributed by atoms with Crippen LogP contribution in [0.5, 0.6) is 0 Å². The van der Waals surface area contributed by atoms with E-state index in [4.69, 9.17) is 21.3 Å². The molecule has 1 N–H and O–H groups in total. The molecule has 0 amide bonds. The van der Waals surface area contributed by atoms with Crippen LogP contribution in [0.3, 0.4) is 0 Å². The largest absolute Gasteiger partial charge is 0.367 e. The van der Waals surface area contributed by atoms with Crippen molar-refractivity contribution >= 4 is 11.6 Å². The fourth-order valence-electron chi connectivity index (χ4n) is 3.16. The van der Waals surface area contributed by atoms with Gasteiger partial charge in [-0.15, -0.1) is 0 Å². The van der Waals surface area contributed by atoms with Crippen molar-refractivity contribution in [3.8, 4) is 11.3 Å². The number of fused-ring (bicyclic) bond motifs is 1. The average molecular weight is 368 g/mol. The van der Waals surface area contributed by atoms with Crippen molar-refractivity contribution in [2.75, 3.05) is 6.54 Å². The number of halogens is 1. The molecule has 1 atom stereocenters. The molecular weight excluding hydrogens is 346 g/mol. The topological polar surface area (TPSA) is 39.1 Å². The highest BCUT2D eigenvalue weighted by atomic mass is 35.5. The molecular formula is C21H22ClN3O. The highest BCUT2D eigenvalue weighted by Crippen LogP contribution is 2.22. The molecule has 3 aromatic rings. The summed E-state index contributed by atoms with van der Waals surface area (Å²) in [6.07, 6.45) is 2.28. The van der Waals surface area contributed by atoms with Crippen LogP contribution in [-0.4, -0.2) is 22.2 Å². The smallest absolute Gasteiger partial charge is 0.135 e. The van der Waals surface area contributed by atoms with Crippen LogP contribution in [0, 0.1) is 6.92 Å². The van der Waals surface area contributed by atoms with Crippen molar-refractivity contribution < 1.29 is 4.74 Å². The number of hydrogen-bond donors (Lipinski definition) is 1. The van der Waals surface area contributed by atoms with Gasteiger partial charge >= 0.3 is 0 Å². The van der Waals surface area contributed by atoms with E-state index in [1.807, 2.05) is 24.3 Å². The SMILES string of the molecule is Cc1ccc(-c2cn3c(n2)CO[C@@H](CNCc2ccc(Cl)cc2)C3)cc1. The van der Waals surface area contributed by atoms with Gasteiger partial charge in [0.15, 0.2) is 0 Å². The summed E-state index contributed by atoms with van der Waals surface area (Å²) >= 11 is 5.92. The third-order valence-corrected chi connectivity index (χ3v) is 4.92. The van der Waals surface area contributed by atoms with Gasteiger partial charge in [0.25, 0.3) is 0 Å². The first-order chi connectivity index (χ1) is 12.7. The quantitative estimate of drug-likeness (QED) is 0.734. The summed E-state index contributed by atoms with van der Waals surface area (Å²) in [6.45, 7) is 5.08. The Morgan fingerprint density at radius 3 is 2.69 bits per heavy atom. The van der Waals surface area contributed by atoms with E-state index in [-0.39, 0.29) is 6.10 Å². The number of aromatic nitrogens is 2. The second-order valence-electron chi connectivity index (χ2n) is 6.75. The molecule has 1 aliphatic heterocycles. The van der Waals surface area contributed by atoms with Crippen LogP contribution in [0.15, 0.2) is 54.7 Å². The molecule has 0 saturated heterocycles. The molecule has 0 spiro atoms. The fraction of sp³-hybridized carbons (Fsp3) is 0.286. The maximum atomic E-state index is 5.96. The van der Waals surface area contributed by atoms with E-state index in [1.54, 1.807) is 0 Å². The molecule has 4 rings (SSSR count). The lowest BCUT2D eigenvalue weighted by atomic mass is 10.1. The van der Waals surface area contributed by atoms with Crippen LogP contribution >= 0.6 is 11.6 Å². The highest BCUT2D eigenvalue weighted by molar-refractivity contribution is 6.30. The van der Waals surface area contributed by atoms with Crippen molar-refractivity contribution in [2.45, 2.75) is 32.7 Å². The van der Waals surface area contributed by atoms with Gasteiger partial charge in [-0.05, 0) is 24.6 Å². The van der Waals surface area contributed by atoms with Gasteiger partial charge in [-0.25, -0.2) is 4.98 Å². The van der Waals surface area contributed by atoms with Gasteiger partial charge in [-0.3, -0.25) is 0 Å². The van der Waals surface area contributed by atoms with Gasteiger partial charge in [-0.1, -0.05) is 53.6 Å². The summed E-state index contributed by atoms with van der Waals surface area (Å²) in [5, 5.41) is 4.23. The van der Waals surface area contributed by atoms with Crippen LogP contribution in [-0.2, 0) is 24.4 Å². The third kappa shape index (κ3) is 3.98. The molecule has 134 valence electrons. The molecule has 1 aliphatic rings. The Labute approximate surface area is 158 Å². The lowest BCUT2D eigenvalue weighted by Gasteiger charge is -2.24. The highest BCUT2D eigenvalue weighted by Gasteiger charge is 2.21. The van der Waals surface area contributed by atoms with Crippen molar-refractivity contribution in [1.82, 2.24) is 14.9 Å². The predicted molar refractivity (Wildman–Crippen MR) is 104 cm³/mol. The molecule has 0 unspecified atom stereocenters. The zero-order valence-corrected chi connectivity index (χ0v) is 15.5. The molecule has 0 radical (unpaired) electrons. The summed E-state index contributed by atoms with van der Waals surface area (Å²) < 4.78 is 8.18. The summed E-state index contributed by atoms with van der Waals surface area (Å²) in [7, 11) is 0. The Balaban J connectivity index is 1.35. The van der Waals surface area contributed by atoms with Crippen LogP contribution in [0.2, 0.25) is 5.02 Å². The average Bonchev–Trinajstić information content (AvgIpc) is 3.07. The Kier molecular flexibility index (Phi) is 5.07. The monoisotopic (exact) mass is 367 g/mol. The van der Waals surface area contributed by atoms with Crippen molar-refractivity contribution in [3.63, 3.8) is 0 Å². The van der Waals surface area contributed by atoms with Crippen LogP contribution in [0.1, 0.15) is 17.0 Å². The first-order valence-electron chi connectivity index (χ1n) is 8.87. The van der Waals surface area contributed by atoms with Gasteiger partial charge in [0.1, 0.15) is 12.4 Å². The molecule has 4 nitrogen and oxygen atoms in total. The van der Waals surface area contributed by atoms with Gasteiger partial charge in [0, 0.05) is 29.9 Å². The first kappa shape index (κ1) is 17.3. The Morgan fingerprint density at radius 1 is 1.15 bits per heavy atom. The van der Waals surface area contributed by atoms with E-state index >= 15 is 0 Å². The molecule has 5 heteroatoms.